The largest absolute Gasteiger partial charge is 0.350 e. The first-order valence-electron chi connectivity index (χ1n) is 10.1. The van der Waals surface area contributed by atoms with Crippen LogP contribution in [0.1, 0.15) is 22.3 Å². The zero-order valence-electron chi connectivity index (χ0n) is 17.7. The molecule has 0 unspecified atom stereocenters. The fourth-order valence-electron chi connectivity index (χ4n) is 3.58. The topological polar surface area (TPSA) is 92.6 Å². The highest BCUT2D eigenvalue weighted by Gasteiger charge is 2.39. The van der Waals surface area contributed by atoms with E-state index in [1.165, 1.54) is 29.2 Å². The number of hydrogen-bond donors (Lipinski definition) is 1. The van der Waals surface area contributed by atoms with Crippen LogP contribution in [0.25, 0.3) is 5.57 Å². The predicted molar refractivity (Wildman–Crippen MR) is 122 cm³/mol. The number of nitro groups is 1. The summed E-state index contributed by atoms with van der Waals surface area (Å²) in [4.78, 5) is 38.4. The zero-order valence-corrected chi connectivity index (χ0v) is 17.7. The lowest BCUT2D eigenvalue weighted by molar-refractivity contribution is -0.384. The molecule has 0 saturated carbocycles. The molecule has 1 N–H and O–H groups in total. The number of carbonyl (C=O) groups excluding carboxylic acids is 2. The van der Waals surface area contributed by atoms with Gasteiger partial charge in [0, 0.05) is 17.8 Å². The van der Waals surface area contributed by atoms with Crippen LogP contribution in [0.4, 0.5) is 11.4 Å². The fraction of sp³-hybridized carbons (Fsp3) is 0.120. The quantitative estimate of drug-likeness (QED) is 0.352. The highest BCUT2D eigenvalue weighted by Crippen LogP contribution is 2.33. The molecule has 7 heteroatoms. The second kappa shape index (κ2) is 8.47. The van der Waals surface area contributed by atoms with Crippen LogP contribution in [0.15, 0.2) is 78.5 Å². The van der Waals surface area contributed by atoms with Gasteiger partial charge in [-0.2, -0.15) is 0 Å². The van der Waals surface area contributed by atoms with Crippen LogP contribution in [0.5, 0.6) is 0 Å². The normalized spacial score (nSPS) is 13.6. The van der Waals surface area contributed by atoms with Crippen molar-refractivity contribution in [2.75, 3.05) is 5.32 Å². The van der Waals surface area contributed by atoms with Crippen LogP contribution in [0.2, 0.25) is 0 Å². The Bertz CT molecular complexity index is 1240. The number of amides is 2. The Kier molecular flexibility index (Phi) is 5.55. The summed E-state index contributed by atoms with van der Waals surface area (Å²) < 4.78 is 0. The van der Waals surface area contributed by atoms with Gasteiger partial charge in [-0.25, -0.2) is 0 Å². The van der Waals surface area contributed by atoms with Crippen molar-refractivity contribution in [3.63, 3.8) is 0 Å². The average molecular weight is 427 g/mol. The van der Waals surface area contributed by atoms with E-state index in [1.54, 1.807) is 0 Å². The van der Waals surface area contributed by atoms with Crippen molar-refractivity contribution in [3.05, 3.63) is 111 Å². The predicted octanol–water partition coefficient (Wildman–Crippen LogP) is 4.60. The van der Waals surface area contributed by atoms with Gasteiger partial charge in [0.25, 0.3) is 17.5 Å². The van der Waals surface area contributed by atoms with Crippen LogP contribution in [0, 0.1) is 24.0 Å². The summed E-state index contributed by atoms with van der Waals surface area (Å²) in [5, 5.41) is 14.2. The molecule has 0 spiro atoms. The van der Waals surface area contributed by atoms with Crippen molar-refractivity contribution in [1.82, 2.24) is 4.90 Å². The molecule has 1 aliphatic heterocycles. The van der Waals surface area contributed by atoms with Crippen molar-refractivity contribution in [3.8, 4) is 0 Å². The van der Waals surface area contributed by atoms with E-state index in [9.17, 15) is 19.7 Å². The second-order valence-electron chi connectivity index (χ2n) is 7.68. The third-order valence-electron chi connectivity index (χ3n) is 5.40. The maximum Gasteiger partial charge on any atom is 0.278 e. The number of nitro benzene ring substituents is 1. The van der Waals surface area contributed by atoms with Crippen LogP contribution in [0.3, 0.4) is 0 Å². The number of anilines is 1. The van der Waals surface area contributed by atoms with Gasteiger partial charge in [-0.15, -0.1) is 0 Å². The Morgan fingerprint density at radius 2 is 1.53 bits per heavy atom. The molecule has 2 amide bonds. The van der Waals surface area contributed by atoms with Crippen molar-refractivity contribution < 1.29 is 14.5 Å². The molecule has 0 fully saturated rings. The minimum atomic E-state index is -0.504. The van der Waals surface area contributed by atoms with Gasteiger partial charge in [0.1, 0.15) is 5.70 Å². The molecule has 1 aliphatic rings. The van der Waals surface area contributed by atoms with Crippen molar-refractivity contribution in [2.24, 2.45) is 0 Å². The lowest BCUT2D eigenvalue weighted by Gasteiger charge is -2.16. The lowest BCUT2D eigenvalue weighted by Crippen LogP contribution is -2.32. The van der Waals surface area contributed by atoms with E-state index in [4.69, 9.17) is 0 Å². The molecule has 1 heterocycles. The molecule has 0 atom stereocenters. The fourth-order valence-corrected chi connectivity index (χ4v) is 3.58. The summed E-state index contributed by atoms with van der Waals surface area (Å²) in [5.41, 5.74) is 4.25. The van der Waals surface area contributed by atoms with Gasteiger partial charge in [0.05, 0.1) is 17.0 Å². The van der Waals surface area contributed by atoms with Gasteiger partial charge < -0.3 is 5.32 Å². The van der Waals surface area contributed by atoms with E-state index in [0.29, 0.717) is 11.3 Å². The molecule has 0 bridgehead atoms. The van der Waals surface area contributed by atoms with E-state index in [2.05, 4.69) is 5.32 Å². The number of para-hydroxylation sites is 1. The molecule has 0 radical (unpaired) electrons. The minimum Gasteiger partial charge on any atom is -0.350 e. The SMILES string of the molecule is Cc1ccc(CN2C(=O)C(Nc3ccccc3C)=C(c3ccc([N+](=O)[O-])cc3)C2=O)cc1. The van der Waals surface area contributed by atoms with E-state index >= 15 is 0 Å². The summed E-state index contributed by atoms with van der Waals surface area (Å²) in [6, 6.07) is 20.7. The molecule has 0 aromatic heterocycles. The van der Waals surface area contributed by atoms with Crippen LogP contribution >= 0.6 is 0 Å². The third kappa shape index (κ3) is 4.00. The van der Waals surface area contributed by atoms with Crippen LogP contribution < -0.4 is 5.32 Å². The standard InChI is InChI=1S/C25H21N3O4/c1-16-7-9-18(10-8-16)15-27-24(29)22(19-11-13-20(14-12-19)28(31)32)23(25(27)30)26-21-6-4-3-5-17(21)2/h3-14,26H,15H2,1-2H3. The van der Waals surface area contributed by atoms with Gasteiger partial charge in [-0.05, 0) is 48.7 Å². The average Bonchev–Trinajstić information content (AvgIpc) is 3.01. The van der Waals surface area contributed by atoms with E-state index in [1.807, 2.05) is 62.4 Å². The first-order chi connectivity index (χ1) is 15.3. The van der Waals surface area contributed by atoms with Crippen LogP contribution in [-0.4, -0.2) is 21.6 Å². The number of imide groups is 1. The number of rotatable bonds is 6. The minimum absolute atomic E-state index is 0.0870. The maximum absolute atomic E-state index is 13.4. The molecule has 0 saturated heterocycles. The summed E-state index contributed by atoms with van der Waals surface area (Å²) in [5.74, 6) is -0.882. The first kappa shape index (κ1) is 21.0. The Morgan fingerprint density at radius 3 is 2.16 bits per heavy atom. The molecule has 160 valence electrons. The number of carbonyl (C=O) groups is 2. The van der Waals surface area contributed by atoms with Crippen molar-refractivity contribution >= 4 is 28.8 Å². The number of benzene rings is 3. The van der Waals surface area contributed by atoms with Gasteiger partial charge in [0.2, 0.25) is 0 Å². The van der Waals surface area contributed by atoms with E-state index < -0.39 is 16.7 Å². The van der Waals surface area contributed by atoms with Crippen molar-refractivity contribution in [2.45, 2.75) is 20.4 Å². The third-order valence-corrected chi connectivity index (χ3v) is 5.40. The molecule has 32 heavy (non-hydrogen) atoms. The molecule has 0 aliphatic carbocycles. The Balaban J connectivity index is 1.75. The summed E-state index contributed by atoms with van der Waals surface area (Å²) in [6.07, 6.45) is 0. The highest BCUT2D eigenvalue weighted by atomic mass is 16.6. The molecular weight excluding hydrogens is 406 g/mol. The zero-order chi connectivity index (χ0) is 22.8. The Hall–Kier alpha value is -4.26. The Labute approximate surface area is 185 Å². The number of aryl methyl sites for hydroxylation is 2. The lowest BCUT2D eigenvalue weighted by atomic mass is 10.0. The first-order valence-corrected chi connectivity index (χ1v) is 10.1. The summed E-state index contributed by atoms with van der Waals surface area (Å²) in [7, 11) is 0. The second-order valence-corrected chi connectivity index (χ2v) is 7.68. The van der Waals surface area contributed by atoms with E-state index in [-0.39, 0.29) is 23.5 Å². The number of nitrogens with zero attached hydrogens (tertiary/aromatic N) is 2. The summed E-state index contributed by atoms with van der Waals surface area (Å²) in [6.45, 7) is 4.00. The van der Waals surface area contributed by atoms with Gasteiger partial charge >= 0.3 is 0 Å². The van der Waals surface area contributed by atoms with Crippen LogP contribution in [-0.2, 0) is 16.1 Å². The van der Waals surface area contributed by atoms with E-state index in [0.717, 1.165) is 16.7 Å². The smallest absolute Gasteiger partial charge is 0.278 e. The van der Waals surface area contributed by atoms with Gasteiger partial charge in [-0.3, -0.25) is 24.6 Å². The molecular formula is C25H21N3O4. The molecule has 7 nitrogen and oxygen atoms in total. The van der Waals surface area contributed by atoms with Gasteiger partial charge in [-0.1, -0.05) is 48.0 Å². The number of non-ortho nitro benzene ring substituents is 1. The maximum atomic E-state index is 13.4. The van der Waals surface area contributed by atoms with Crippen molar-refractivity contribution in [1.29, 1.82) is 0 Å². The number of nitrogens with one attached hydrogen (secondary N) is 1. The molecule has 3 aromatic rings. The monoisotopic (exact) mass is 427 g/mol. The molecule has 4 rings (SSSR count). The van der Waals surface area contributed by atoms with Gasteiger partial charge in [0.15, 0.2) is 0 Å². The number of hydrogen-bond acceptors (Lipinski definition) is 5. The highest BCUT2D eigenvalue weighted by molar-refractivity contribution is 6.36. The molecule has 3 aromatic carbocycles. The summed E-state index contributed by atoms with van der Waals surface area (Å²) >= 11 is 0. The Morgan fingerprint density at radius 1 is 0.875 bits per heavy atom.